The average molecular weight is 130 g/mol. The second kappa shape index (κ2) is 1.68. The van der Waals surface area contributed by atoms with Gasteiger partial charge in [-0.15, -0.1) is 0 Å². The lowest BCUT2D eigenvalue weighted by Gasteiger charge is -2.35. The van der Waals surface area contributed by atoms with Gasteiger partial charge in [0.1, 0.15) is 13.2 Å². The number of rotatable bonds is 0. The van der Waals surface area contributed by atoms with Crippen LogP contribution in [0.2, 0.25) is 0 Å². The minimum absolute atomic E-state index is 0.244. The van der Waals surface area contributed by atoms with Crippen molar-refractivity contribution >= 4 is 0 Å². The van der Waals surface area contributed by atoms with Gasteiger partial charge in [0.25, 0.3) is 0 Å². The van der Waals surface area contributed by atoms with E-state index in [1.165, 1.54) is 0 Å². The smallest absolute Gasteiger partial charge is 0.216 e. The number of hydrogen-bond donors (Lipinski definition) is 0. The molecule has 0 radical (unpaired) electrons. The van der Waals surface area contributed by atoms with E-state index >= 15 is 0 Å². The summed E-state index contributed by atoms with van der Waals surface area (Å²) in [5.74, 6) is -0.334. The SMILES string of the molecule is CC1COC2(COC2)O1. The van der Waals surface area contributed by atoms with Gasteiger partial charge in [-0.1, -0.05) is 0 Å². The molecule has 2 heterocycles. The Kier molecular flexibility index (Phi) is 1.06. The van der Waals surface area contributed by atoms with Crippen molar-refractivity contribution in [3.8, 4) is 0 Å². The molecule has 1 spiro atoms. The van der Waals surface area contributed by atoms with Crippen molar-refractivity contribution in [1.29, 1.82) is 0 Å². The van der Waals surface area contributed by atoms with Crippen LogP contribution in [-0.4, -0.2) is 31.7 Å². The van der Waals surface area contributed by atoms with Crippen molar-refractivity contribution in [2.24, 2.45) is 0 Å². The fraction of sp³-hybridized carbons (Fsp3) is 1.00. The number of hydrogen-bond acceptors (Lipinski definition) is 3. The van der Waals surface area contributed by atoms with Gasteiger partial charge in [0.15, 0.2) is 0 Å². The Morgan fingerprint density at radius 1 is 1.44 bits per heavy atom. The Bertz CT molecular complexity index is 119. The van der Waals surface area contributed by atoms with E-state index in [1.54, 1.807) is 0 Å². The predicted molar refractivity (Wildman–Crippen MR) is 30.0 cm³/mol. The molecule has 2 saturated heterocycles. The van der Waals surface area contributed by atoms with Crippen LogP contribution in [0.15, 0.2) is 0 Å². The zero-order valence-electron chi connectivity index (χ0n) is 5.42. The minimum atomic E-state index is -0.334. The molecule has 0 saturated carbocycles. The van der Waals surface area contributed by atoms with Gasteiger partial charge in [0.05, 0.1) is 12.7 Å². The third kappa shape index (κ3) is 0.764. The second-order valence-corrected chi connectivity index (χ2v) is 2.64. The van der Waals surface area contributed by atoms with Crippen LogP contribution >= 0.6 is 0 Å². The zero-order valence-corrected chi connectivity index (χ0v) is 5.42. The topological polar surface area (TPSA) is 27.7 Å². The first kappa shape index (κ1) is 5.65. The summed E-state index contributed by atoms with van der Waals surface area (Å²) in [6, 6.07) is 0. The maximum absolute atomic E-state index is 5.44. The average Bonchev–Trinajstić information content (AvgIpc) is 2.09. The van der Waals surface area contributed by atoms with Gasteiger partial charge in [-0.05, 0) is 6.92 Å². The Morgan fingerprint density at radius 2 is 2.22 bits per heavy atom. The molecule has 0 aromatic rings. The Morgan fingerprint density at radius 3 is 2.44 bits per heavy atom. The normalized spacial score (nSPS) is 39.0. The van der Waals surface area contributed by atoms with Crippen molar-refractivity contribution in [1.82, 2.24) is 0 Å². The van der Waals surface area contributed by atoms with Gasteiger partial charge in [-0.3, -0.25) is 0 Å². The molecule has 2 rings (SSSR count). The molecule has 0 bridgehead atoms. The Hall–Kier alpha value is -0.120. The highest BCUT2D eigenvalue weighted by Crippen LogP contribution is 2.30. The molecule has 0 amide bonds. The predicted octanol–water partition coefficient (Wildman–Crippen LogP) is 0.148. The van der Waals surface area contributed by atoms with Crippen molar-refractivity contribution in [2.45, 2.75) is 18.8 Å². The summed E-state index contributed by atoms with van der Waals surface area (Å²) in [6.07, 6.45) is 0.244. The van der Waals surface area contributed by atoms with Crippen molar-refractivity contribution in [2.75, 3.05) is 19.8 Å². The molecule has 3 heteroatoms. The van der Waals surface area contributed by atoms with Crippen LogP contribution in [0.1, 0.15) is 6.92 Å². The van der Waals surface area contributed by atoms with Gasteiger partial charge in [-0.25, -0.2) is 0 Å². The van der Waals surface area contributed by atoms with Gasteiger partial charge in [0.2, 0.25) is 5.79 Å². The molecule has 1 unspecified atom stereocenters. The van der Waals surface area contributed by atoms with E-state index in [4.69, 9.17) is 14.2 Å². The largest absolute Gasteiger partial charge is 0.370 e. The highest BCUT2D eigenvalue weighted by molar-refractivity contribution is 4.82. The van der Waals surface area contributed by atoms with Crippen LogP contribution in [-0.2, 0) is 14.2 Å². The van der Waals surface area contributed by atoms with Crippen LogP contribution in [0.4, 0.5) is 0 Å². The molecule has 2 fully saturated rings. The van der Waals surface area contributed by atoms with Crippen LogP contribution in [0.25, 0.3) is 0 Å². The molecule has 0 aromatic carbocycles. The third-order valence-electron chi connectivity index (χ3n) is 1.64. The molecule has 52 valence electrons. The van der Waals surface area contributed by atoms with E-state index in [0.717, 1.165) is 0 Å². The lowest BCUT2D eigenvalue weighted by atomic mass is 10.2. The summed E-state index contributed by atoms with van der Waals surface area (Å²) >= 11 is 0. The Balaban J connectivity index is 1.99. The van der Waals surface area contributed by atoms with E-state index in [9.17, 15) is 0 Å². The van der Waals surface area contributed by atoms with Crippen molar-refractivity contribution < 1.29 is 14.2 Å². The third-order valence-corrected chi connectivity index (χ3v) is 1.64. The maximum Gasteiger partial charge on any atom is 0.216 e. The first-order chi connectivity index (χ1) is 4.31. The highest BCUT2D eigenvalue weighted by atomic mass is 16.8. The summed E-state index contributed by atoms with van der Waals surface area (Å²) in [6.45, 7) is 3.94. The summed E-state index contributed by atoms with van der Waals surface area (Å²) in [4.78, 5) is 0. The second-order valence-electron chi connectivity index (χ2n) is 2.64. The molecular weight excluding hydrogens is 120 g/mol. The molecule has 3 nitrogen and oxygen atoms in total. The van der Waals surface area contributed by atoms with Crippen LogP contribution < -0.4 is 0 Å². The quantitative estimate of drug-likeness (QED) is 0.467. The molecule has 0 aliphatic carbocycles. The summed E-state index contributed by atoms with van der Waals surface area (Å²) < 4.78 is 15.7. The Labute approximate surface area is 53.9 Å². The number of ether oxygens (including phenoxy) is 3. The van der Waals surface area contributed by atoms with Crippen LogP contribution in [0.3, 0.4) is 0 Å². The fourth-order valence-electron chi connectivity index (χ4n) is 1.12. The van der Waals surface area contributed by atoms with E-state index in [2.05, 4.69) is 0 Å². The summed E-state index contributed by atoms with van der Waals surface area (Å²) in [5, 5.41) is 0. The van der Waals surface area contributed by atoms with Gasteiger partial charge in [-0.2, -0.15) is 0 Å². The zero-order chi connectivity index (χ0) is 6.32. The van der Waals surface area contributed by atoms with E-state index < -0.39 is 0 Å². The van der Waals surface area contributed by atoms with E-state index in [0.29, 0.717) is 19.8 Å². The van der Waals surface area contributed by atoms with Gasteiger partial charge in [0, 0.05) is 0 Å². The van der Waals surface area contributed by atoms with E-state index in [1.807, 2.05) is 6.92 Å². The van der Waals surface area contributed by atoms with Gasteiger partial charge >= 0.3 is 0 Å². The molecule has 2 aliphatic rings. The molecule has 1 atom stereocenters. The van der Waals surface area contributed by atoms with Crippen molar-refractivity contribution in [3.05, 3.63) is 0 Å². The fourth-order valence-corrected chi connectivity index (χ4v) is 1.12. The van der Waals surface area contributed by atoms with Crippen molar-refractivity contribution in [3.63, 3.8) is 0 Å². The first-order valence-electron chi connectivity index (χ1n) is 3.20. The van der Waals surface area contributed by atoms with Crippen LogP contribution in [0, 0.1) is 0 Å². The molecule has 0 aromatic heterocycles. The van der Waals surface area contributed by atoms with Crippen LogP contribution in [0.5, 0.6) is 0 Å². The molecule has 2 aliphatic heterocycles. The minimum Gasteiger partial charge on any atom is -0.370 e. The standard InChI is InChI=1S/C6H10O3/c1-5-2-8-6(9-5)3-7-4-6/h5H,2-4H2,1H3. The maximum atomic E-state index is 5.44. The van der Waals surface area contributed by atoms with E-state index in [-0.39, 0.29) is 11.9 Å². The molecular formula is C6H10O3. The lowest BCUT2D eigenvalue weighted by molar-refractivity contribution is -0.297. The van der Waals surface area contributed by atoms with Gasteiger partial charge < -0.3 is 14.2 Å². The molecule has 0 N–H and O–H groups in total. The summed E-state index contributed by atoms with van der Waals surface area (Å²) in [7, 11) is 0. The summed E-state index contributed by atoms with van der Waals surface area (Å²) in [5.41, 5.74) is 0. The monoisotopic (exact) mass is 130 g/mol. The molecule has 9 heavy (non-hydrogen) atoms. The lowest BCUT2D eigenvalue weighted by Crippen LogP contribution is -2.50. The first-order valence-corrected chi connectivity index (χ1v) is 3.20. The highest BCUT2D eigenvalue weighted by Gasteiger charge is 2.46.